The van der Waals surface area contributed by atoms with Crippen molar-refractivity contribution in [2.24, 2.45) is 0 Å². The summed E-state index contributed by atoms with van der Waals surface area (Å²) in [5.74, 6) is 0.108. The van der Waals surface area contributed by atoms with Crippen molar-refractivity contribution >= 4 is 33.2 Å². The molecule has 0 saturated heterocycles. The van der Waals surface area contributed by atoms with E-state index in [1.807, 2.05) is 12.1 Å². The number of rotatable bonds is 4. The van der Waals surface area contributed by atoms with Crippen molar-refractivity contribution in [1.29, 1.82) is 0 Å². The molecule has 0 aliphatic heterocycles. The van der Waals surface area contributed by atoms with Gasteiger partial charge < -0.3 is 15.5 Å². The van der Waals surface area contributed by atoms with Gasteiger partial charge in [-0.1, -0.05) is 11.6 Å². The number of hydrogen-bond donors (Lipinski definition) is 3. The molecule has 1 aromatic heterocycles. The minimum Gasteiger partial charge on any atom is -0.506 e. The Bertz CT molecular complexity index is 635. The predicted octanol–water partition coefficient (Wildman–Crippen LogP) is 3.62. The van der Waals surface area contributed by atoms with Gasteiger partial charge in [0, 0.05) is 34.0 Å². The van der Waals surface area contributed by atoms with Crippen LogP contribution >= 0.6 is 27.5 Å². The standard InChI is InChI=1S/C14H14BrClN2O2/c1-8-14(20)11(9(7-19)5-17-8)6-18-10-2-3-13(16)12(15)4-10/h2-5,18-20H,6-7H2,1H3. The van der Waals surface area contributed by atoms with Crippen LogP contribution in [0.5, 0.6) is 5.75 Å². The molecule has 3 N–H and O–H groups in total. The fourth-order valence-electron chi connectivity index (χ4n) is 1.81. The molecule has 6 heteroatoms. The smallest absolute Gasteiger partial charge is 0.142 e. The number of anilines is 1. The van der Waals surface area contributed by atoms with Crippen LogP contribution in [-0.4, -0.2) is 15.2 Å². The highest BCUT2D eigenvalue weighted by atomic mass is 79.9. The zero-order chi connectivity index (χ0) is 14.7. The third-order valence-corrected chi connectivity index (χ3v) is 4.20. The van der Waals surface area contributed by atoms with E-state index in [4.69, 9.17) is 11.6 Å². The molecule has 0 saturated carbocycles. The molecule has 1 heterocycles. The average Bonchev–Trinajstić information content (AvgIpc) is 2.44. The lowest BCUT2D eigenvalue weighted by Gasteiger charge is -2.13. The van der Waals surface area contributed by atoms with E-state index in [1.54, 1.807) is 19.2 Å². The molecule has 0 unspecified atom stereocenters. The van der Waals surface area contributed by atoms with E-state index < -0.39 is 0 Å². The van der Waals surface area contributed by atoms with E-state index in [0.717, 1.165) is 10.2 Å². The number of aromatic hydroxyl groups is 1. The van der Waals surface area contributed by atoms with E-state index in [2.05, 4.69) is 26.2 Å². The third-order valence-electron chi connectivity index (χ3n) is 2.99. The summed E-state index contributed by atoms with van der Waals surface area (Å²) < 4.78 is 0.793. The van der Waals surface area contributed by atoms with Gasteiger partial charge in [0.15, 0.2) is 0 Å². The van der Waals surface area contributed by atoms with Crippen molar-refractivity contribution in [1.82, 2.24) is 4.98 Å². The summed E-state index contributed by atoms with van der Waals surface area (Å²) in [7, 11) is 0. The molecule has 0 atom stereocenters. The Morgan fingerprint density at radius 2 is 2.15 bits per heavy atom. The average molecular weight is 358 g/mol. The summed E-state index contributed by atoms with van der Waals surface area (Å²) in [5, 5.41) is 23.2. The van der Waals surface area contributed by atoms with Gasteiger partial charge in [-0.05, 0) is 41.1 Å². The molecule has 4 nitrogen and oxygen atoms in total. The number of nitrogens with zero attached hydrogens (tertiary/aromatic N) is 1. The molecule has 20 heavy (non-hydrogen) atoms. The lowest BCUT2D eigenvalue weighted by atomic mass is 10.1. The van der Waals surface area contributed by atoms with Crippen molar-refractivity contribution in [2.45, 2.75) is 20.1 Å². The van der Waals surface area contributed by atoms with Crippen molar-refractivity contribution in [3.05, 3.63) is 50.7 Å². The summed E-state index contributed by atoms with van der Waals surface area (Å²) in [4.78, 5) is 4.03. The van der Waals surface area contributed by atoms with E-state index in [0.29, 0.717) is 28.4 Å². The zero-order valence-electron chi connectivity index (χ0n) is 10.8. The fourth-order valence-corrected chi connectivity index (χ4v) is 2.31. The summed E-state index contributed by atoms with van der Waals surface area (Å²) >= 11 is 9.29. The van der Waals surface area contributed by atoms with Crippen LogP contribution in [0.1, 0.15) is 16.8 Å². The van der Waals surface area contributed by atoms with Crippen LogP contribution in [0.25, 0.3) is 0 Å². The van der Waals surface area contributed by atoms with Crippen molar-refractivity contribution < 1.29 is 10.2 Å². The Morgan fingerprint density at radius 3 is 2.80 bits per heavy atom. The summed E-state index contributed by atoms with van der Waals surface area (Å²) in [6.07, 6.45) is 1.57. The largest absolute Gasteiger partial charge is 0.506 e. The van der Waals surface area contributed by atoms with Crippen LogP contribution in [0, 0.1) is 6.92 Å². The second-order valence-electron chi connectivity index (χ2n) is 4.34. The normalized spacial score (nSPS) is 10.6. The Kier molecular flexibility index (Phi) is 4.86. The fraction of sp³-hybridized carbons (Fsp3) is 0.214. The maximum atomic E-state index is 10.0. The summed E-state index contributed by atoms with van der Waals surface area (Å²) in [5.41, 5.74) is 2.65. The first-order chi connectivity index (χ1) is 9.52. The van der Waals surface area contributed by atoms with Gasteiger partial charge in [0.2, 0.25) is 0 Å². The number of aliphatic hydroxyl groups excluding tert-OH is 1. The molecule has 0 aliphatic carbocycles. The molecule has 0 bridgehead atoms. The van der Waals surface area contributed by atoms with Crippen LogP contribution in [0.2, 0.25) is 5.02 Å². The number of halogens is 2. The molecule has 1 aromatic carbocycles. The molecule has 0 spiro atoms. The molecular weight excluding hydrogens is 344 g/mol. The molecule has 0 aliphatic rings. The summed E-state index contributed by atoms with van der Waals surface area (Å²) in [6.45, 7) is 1.94. The van der Waals surface area contributed by atoms with Gasteiger partial charge in [-0.25, -0.2) is 0 Å². The SMILES string of the molecule is Cc1ncc(CO)c(CNc2ccc(Cl)c(Br)c2)c1O. The van der Waals surface area contributed by atoms with Gasteiger partial charge in [0.1, 0.15) is 5.75 Å². The zero-order valence-corrected chi connectivity index (χ0v) is 13.2. The van der Waals surface area contributed by atoms with Crippen LogP contribution in [-0.2, 0) is 13.2 Å². The maximum absolute atomic E-state index is 10.0. The van der Waals surface area contributed by atoms with Crippen LogP contribution in [0.4, 0.5) is 5.69 Å². The monoisotopic (exact) mass is 356 g/mol. The lowest BCUT2D eigenvalue weighted by Crippen LogP contribution is -2.05. The Hall–Kier alpha value is -1.30. The Morgan fingerprint density at radius 1 is 1.40 bits per heavy atom. The number of benzene rings is 1. The second-order valence-corrected chi connectivity index (χ2v) is 5.60. The van der Waals surface area contributed by atoms with Gasteiger partial charge in [0.05, 0.1) is 17.3 Å². The van der Waals surface area contributed by atoms with Gasteiger partial charge in [-0.3, -0.25) is 4.98 Å². The number of pyridine rings is 1. The van der Waals surface area contributed by atoms with E-state index >= 15 is 0 Å². The van der Waals surface area contributed by atoms with Crippen LogP contribution in [0.3, 0.4) is 0 Å². The Labute approximate surface area is 130 Å². The number of nitrogens with one attached hydrogen (secondary N) is 1. The maximum Gasteiger partial charge on any atom is 0.142 e. The van der Waals surface area contributed by atoms with Crippen molar-refractivity contribution in [3.8, 4) is 5.75 Å². The van der Waals surface area contributed by atoms with E-state index in [9.17, 15) is 10.2 Å². The van der Waals surface area contributed by atoms with Gasteiger partial charge >= 0.3 is 0 Å². The molecule has 2 aromatic rings. The minimum atomic E-state index is -0.165. The van der Waals surface area contributed by atoms with Gasteiger partial charge in [0.25, 0.3) is 0 Å². The van der Waals surface area contributed by atoms with Gasteiger partial charge in [-0.15, -0.1) is 0 Å². The molecule has 2 rings (SSSR count). The number of aliphatic hydroxyl groups is 1. The van der Waals surface area contributed by atoms with E-state index in [1.165, 1.54) is 0 Å². The Balaban J connectivity index is 2.22. The van der Waals surface area contributed by atoms with Crippen molar-refractivity contribution in [2.75, 3.05) is 5.32 Å². The van der Waals surface area contributed by atoms with Crippen LogP contribution < -0.4 is 5.32 Å². The third kappa shape index (κ3) is 3.23. The minimum absolute atomic E-state index is 0.108. The first kappa shape index (κ1) is 15.1. The number of aromatic nitrogens is 1. The highest BCUT2D eigenvalue weighted by Gasteiger charge is 2.11. The molecule has 106 valence electrons. The molecule has 0 fully saturated rings. The first-order valence-corrected chi connectivity index (χ1v) is 7.16. The highest BCUT2D eigenvalue weighted by molar-refractivity contribution is 9.10. The number of aryl methyl sites for hydroxylation is 1. The molecule has 0 radical (unpaired) electrons. The lowest BCUT2D eigenvalue weighted by molar-refractivity contribution is 0.279. The van der Waals surface area contributed by atoms with Crippen molar-refractivity contribution in [3.63, 3.8) is 0 Å². The quantitative estimate of drug-likeness (QED) is 0.782. The highest BCUT2D eigenvalue weighted by Crippen LogP contribution is 2.28. The topological polar surface area (TPSA) is 65.4 Å². The predicted molar refractivity (Wildman–Crippen MR) is 83.0 cm³/mol. The molecule has 0 amide bonds. The first-order valence-electron chi connectivity index (χ1n) is 5.99. The second kappa shape index (κ2) is 6.43. The summed E-state index contributed by atoms with van der Waals surface area (Å²) in [6, 6.07) is 5.47. The molecular formula is C14H14BrClN2O2. The van der Waals surface area contributed by atoms with Gasteiger partial charge in [-0.2, -0.15) is 0 Å². The number of hydrogen-bond acceptors (Lipinski definition) is 4. The van der Waals surface area contributed by atoms with E-state index in [-0.39, 0.29) is 12.4 Å². The van der Waals surface area contributed by atoms with Crippen LogP contribution in [0.15, 0.2) is 28.9 Å².